The second-order valence-corrected chi connectivity index (χ2v) is 10.8. The first-order valence-corrected chi connectivity index (χ1v) is 12.3. The summed E-state index contributed by atoms with van der Waals surface area (Å²) in [5.41, 5.74) is 1.42. The van der Waals surface area contributed by atoms with Gasteiger partial charge in [-0.3, -0.25) is 9.48 Å². The number of amides is 1. The van der Waals surface area contributed by atoms with E-state index in [1.165, 1.54) is 18.7 Å². The largest absolute Gasteiger partial charge is 0.480 e. The molecular weight excluding hydrogens is 470 g/mol. The number of nitrogens with zero attached hydrogens (tertiary/aromatic N) is 4. The molecule has 1 aliphatic heterocycles. The molecule has 1 amide bonds. The monoisotopic (exact) mass is 502 g/mol. The van der Waals surface area contributed by atoms with Gasteiger partial charge in [-0.2, -0.15) is 5.10 Å². The summed E-state index contributed by atoms with van der Waals surface area (Å²) in [6.45, 7) is 7.77. The topological polar surface area (TPSA) is 103 Å². The van der Waals surface area contributed by atoms with Crippen molar-refractivity contribution in [3.63, 3.8) is 0 Å². The fourth-order valence-electron chi connectivity index (χ4n) is 5.05. The van der Waals surface area contributed by atoms with Crippen molar-refractivity contribution in [3.8, 4) is 5.88 Å². The van der Waals surface area contributed by atoms with Crippen molar-refractivity contribution in [2.45, 2.75) is 71.1 Å². The SMILES string of the molecule is COc1nnc(C(F)F)cc1C(C)n1cc(NC(=O)[C@H]2NC(OC(C)(C)C)=C3CC3C2C2CC2)cn1. The lowest BCUT2D eigenvalue weighted by molar-refractivity contribution is -0.120. The number of fused-ring (bicyclic) bond motifs is 1. The fraction of sp³-hybridized carbons (Fsp3) is 0.600. The third kappa shape index (κ3) is 4.87. The number of anilines is 1. The van der Waals surface area contributed by atoms with Crippen LogP contribution < -0.4 is 15.4 Å². The minimum atomic E-state index is -2.75. The van der Waals surface area contributed by atoms with Crippen molar-refractivity contribution in [2.75, 3.05) is 12.4 Å². The van der Waals surface area contributed by atoms with Gasteiger partial charge in [-0.05, 0) is 76.4 Å². The van der Waals surface area contributed by atoms with Crippen molar-refractivity contribution in [3.05, 3.63) is 41.2 Å². The van der Waals surface area contributed by atoms with E-state index in [1.54, 1.807) is 24.0 Å². The Morgan fingerprint density at radius 3 is 2.67 bits per heavy atom. The molecule has 2 N–H and O–H groups in total. The number of ether oxygens (including phenoxy) is 2. The standard InChI is InChI=1S/C25H32F2N6O3/c1-12(15-9-18(21(26)27)31-32-24(15)35-5)33-11-14(10-28-33)29-22(34)20-19(13-6-7-13)16-8-17(16)23(30-20)36-25(2,3)4/h9-13,16,19-21,30H,6-8H2,1-5H3,(H,29,34)/t12?,16?,19?,20-/m0/s1. The van der Waals surface area contributed by atoms with Gasteiger partial charge in [-0.15, -0.1) is 10.2 Å². The summed E-state index contributed by atoms with van der Waals surface area (Å²) < 4.78 is 39.3. The molecule has 9 nitrogen and oxygen atoms in total. The van der Waals surface area contributed by atoms with Crippen LogP contribution in [0.15, 0.2) is 29.9 Å². The summed E-state index contributed by atoms with van der Waals surface area (Å²) in [4.78, 5) is 13.4. The molecule has 194 valence electrons. The van der Waals surface area contributed by atoms with Gasteiger partial charge in [0, 0.05) is 11.8 Å². The van der Waals surface area contributed by atoms with Crippen LogP contribution in [0.1, 0.15) is 70.7 Å². The zero-order valence-corrected chi connectivity index (χ0v) is 21.1. The summed E-state index contributed by atoms with van der Waals surface area (Å²) in [6, 6.07) is 0.392. The fourth-order valence-corrected chi connectivity index (χ4v) is 5.05. The van der Waals surface area contributed by atoms with Crippen LogP contribution in [0, 0.1) is 17.8 Å². The number of rotatable bonds is 8. The number of aromatic nitrogens is 4. The van der Waals surface area contributed by atoms with Gasteiger partial charge in [0.25, 0.3) is 6.43 Å². The van der Waals surface area contributed by atoms with E-state index >= 15 is 0 Å². The van der Waals surface area contributed by atoms with Crippen LogP contribution >= 0.6 is 0 Å². The third-order valence-corrected chi connectivity index (χ3v) is 6.95. The molecule has 0 spiro atoms. The summed E-state index contributed by atoms with van der Waals surface area (Å²) in [5.74, 6) is 1.94. The predicted molar refractivity (Wildman–Crippen MR) is 127 cm³/mol. The summed E-state index contributed by atoms with van der Waals surface area (Å²) >= 11 is 0. The van der Waals surface area contributed by atoms with Crippen LogP contribution in [0.2, 0.25) is 0 Å². The lowest BCUT2D eigenvalue weighted by Crippen LogP contribution is -2.50. The number of carbonyl (C=O) groups is 1. The van der Waals surface area contributed by atoms with E-state index < -0.39 is 24.2 Å². The molecule has 0 saturated heterocycles. The minimum Gasteiger partial charge on any atom is -0.480 e. The highest BCUT2D eigenvalue weighted by Gasteiger charge is 2.55. The normalized spacial score (nSPS) is 24.2. The zero-order chi connectivity index (χ0) is 25.8. The molecule has 0 aromatic carbocycles. The number of carbonyl (C=O) groups excluding carboxylic acids is 1. The van der Waals surface area contributed by atoms with Gasteiger partial charge >= 0.3 is 0 Å². The maximum absolute atomic E-state index is 13.4. The van der Waals surface area contributed by atoms with Crippen LogP contribution in [0.4, 0.5) is 14.5 Å². The average molecular weight is 503 g/mol. The number of nitrogens with one attached hydrogen (secondary N) is 2. The molecule has 0 bridgehead atoms. The van der Waals surface area contributed by atoms with Gasteiger partial charge in [-0.1, -0.05) is 0 Å². The Kier molecular flexibility index (Phi) is 6.12. The van der Waals surface area contributed by atoms with Crippen LogP contribution in [0.25, 0.3) is 0 Å². The minimum absolute atomic E-state index is 0.136. The number of allylic oxidation sites excluding steroid dienone is 1. The van der Waals surface area contributed by atoms with Gasteiger partial charge in [-0.25, -0.2) is 8.78 Å². The maximum atomic E-state index is 13.4. The van der Waals surface area contributed by atoms with Crippen LogP contribution in [0.3, 0.4) is 0 Å². The highest BCUT2D eigenvalue weighted by Crippen LogP contribution is 2.57. The molecule has 3 unspecified atom stereocenters. The van der Waals surface area contributed by atoms with Crippen molar-refractivity contribution >= 4 is 11.6 Å². The second kappa shape index (κ2) is 9.01. The summed E-state index contributed by atoms with van der Waals surface area (Å²) in [6.07, 6.45) is 3.73. The van der Waals surface area contributed by atoms with E-state index in [1.807, 2.05) is 20.8 Å². The number of methoxy groups -OCH3 is 1. The highest BCUT2D eigenvalue weighted by molar-refractivity contribution is 5.95. The predicted octanol–water partition coefficient (Wildman–Crippen LogP) is 4.21. The number of hydrogen-bond donors (Lipinski definition) is 2. The Labute approximate surface area is 208 Å². The summed E-state index contributed by atoms with van der Waals surface area (Å²) in [7, 11) is 1.40. The maximum Gasteiger partial charge on any atom is 0.282 e. The first kappa shape index (κ1) is 24.5. The van der Waals surface area contributed by atoms with Gasteiger partial charge in [0.1, 0.15) is 17.3 Å². The molecule has 3 heterocycles. The molecule has 4 atom stereocenters. The molecule has 2 aromatic heterocycles. The van der Waals surface area contributed by atoms with E-state index in [0.717, 1.165) is 25.1 Å². The first-order chi connectivity index (χ1) is 17.1. The molecule has 36 heavy (non-hydrogen) atoms. The van der Waals surface area contributed by atoms with E-state index in [-0.39, 0.29) is 23.3 Å². The van der Waals surface area contributed by atoms with Crippen LogP contribution in [-0.2, 0) is 9.53 Å². The Morgan fingerprint density at radius 2 is 2.03 bits per heavy atom. The first-order valence-electron chi connectivity index (χ1n) is 12.3. The Hall–Kier alpha value is -3.24. The van der Waals surface area contributed by atoms with E-state index in [0.29, 0.717) is 23.1 Å². The molecule has 2 fully saturated rings. The van der Waals surface area contributed by atoms with Crippen molar-refractivity contribution < 1.29 is 23.0 Å². The lowest BCUT2D eigenvalue weighted by Gasteiger charge is -2.34. The molecule has 3 aliphatic rings. The van der Waals surface area contributed by atoms with Gasteiger partial charge in [0.05, 0.1) is 25.0 Å². The van der Waals surface area contributed by atoms with Crippen molar-refractivity contribution in [2.24, 2.45) is 17.8 Å². The van der Waals surface area contributed by atoms with Gasteiger partial charge in [0.15, 0.2) is 5.88 Å². The van der Waals surface area contributed by atoms with E-state index in [9.17, 15) is 13.6 Å². The third-order valence-electron chi connectivity index (χ3n) is 6.95. The van der Waals surface area contributed by atoms with E-state index in [4.69, 9.17) is 9.47 Å². The summed E-state index contributed by atoms with van der Waals surface area (Å²) in [5, 5.41) is 18.0. The van der Waals surface area contributed by atoms with Crippen molar-refractivity contribution in [1.82, 2.24) is 25.3 Å². The number of alkyl halides is 2. The van der Waals surface area contributed by atoms with Gasteiger partial charge < -0.3 is 20.1 Å². The Balaban J connectivity index is 1.32. The van der Waals surface area contributed by atoms with Gasteiger partial charge in [0.2, 0.25) is 11.8 Å². The number of hydrogen-bond acceptors (Lipinski definition) is 7. The molecule has 2 aromatic rings. The zero-order valence-electron chi connectivity index (χ0n) is 21.1. The van der Waals surface area contributed by atoms with Crippen LogP contribution in [0.5, 0.6) is 5.88 Å². The number of halogens is 2. The smallest absolute Gasteiger partial charge is 0.282 e. The van der Waals surface area contributed by atoms with E-state index in [2.05, 4.69) is 25.9 Å². The van der Waals surface area contributed by atoms with Crippen molar-refractivity contribution in [1.29, 1.82) is 0 Å². The quantitative estimate of drug-likeness (QED) is 0.557. The lowest BCUT2D eigenvalue weighted by atomic mass is 9.86. The molecule has 5 rings (SSSR count). The van der Waals surface area contributed by atoms with Crippen LogP contribution in [-0.4, -0.2) is 44.6 Å². The molecule has 11 heteroatoms. The average Bonchev–Trinajstić information content (AvgIpc) is 3.75. The molecular formula is C25H32F2N6O3. The highest BCUT2D eigenvalue weighted by atomic mass is 19.3. The Bertz CT molecular complexity index is 1190. The molecule has 2 aliphatic carbocycles. The molecule has 0 radical (unpaired) electrons. The Morgan fingerprint density at radius 1 is 1.28 bits per heavy atom. The molecule has 2 saturated carbocycles. The second-order valence-electron chi connectivity index (χ2n) is 10.8.